The standard InChI is InChI=1S/C37H33F3N4O4/c1-22-4-5-25(23(2)16-22)21-43-33(19-31(37(38,39)40)30(20-41)35(43)45)24-6-8-28(9-7-24)48-29-10-11-32-26(17-29)18-34(36(46)47)44(32)27-12-14-42(3)15-13-27/h4-11,16-19,27H,12-15,21H2,1-3H3,(H,46,47). The number of carboxylic acids is 1. The van der Waals surface area contributed by atoms with E-state index in [1.165, 1.54) is 10.6 Å². The van der Waals surface area contributed by atoms with Crippen molar-refractivity contribution in [1.82, 2.24) is 14.0 Å². The molecule has 0 unspecified atom stereocenters. The molecule has 1 aliphatic rings. The lowest BCUT2D eigenvalue weighted by atomic mass is 10.0. The fraction of sp³-hybridized carbons (Fsp3) is 0.270. The Labute approximate surface area is 274 Å². The number of aryl methyl sites for hydroxylation is 2. The first-order chi connectivity index (χ1) is 22.8. The zero-order valence-electron chi connectivity index (χ0n) is 26.6. The summed E-state index contributed by atoms with van der Waals surface area (Å²) in [5, 5.41) is 20.2. The second-order valence-corrected chi connectivity index (χ2v) is 12.3. The topological polar surface area (TPSA) is 100 Å². The number of halogens is 3. The number of aromatic nitrogens is 2. The van der Waals surface area contributed by atoms with Crippen LogP contribution in [0.4, 0.5) is 13.2 Å². The largest absolute Gasteiger partial charge is 0.477 e. The van der Waals surface area contributed by atoms with E-state index in [1.807, 2.05) is 49.7 Å². The first-order valence-corrected chi connectivity index (χ1v) is 15.5. The van der Waals surface area contributed by atoms with E-state index in [1.54, 1.807) is 42.5 Å². The molecule has 0 bridgehead atoms. The number of carbonyl (C=O) groups is 1. The Balaban J connectivity index is 1.34. The van der Waals surface area contributed by atoms with Crippen LogP contribution in [0.25, 0.3) is 22.2 Å². The van der Waals surface area contributed by atoms with E-state index in [0.717, 1.165) is 54.2 Å². The van der Waals surface area contributed by atoms with Crippen molar-refractivity contribution in [1.29, 1.82) is 5.26 Å². The number of likely N-dealkylation sites (tertiary alicyclic amines) is 1. The predicted octanol–water partition coefficient (Wildman–Crippen LogP) is 7.78. The van der Waals surface area contributed by atoms with Crippen LogP contribution in [0.3, 0.4) is 0 Å². The molecule has 1 aliphatic heterocycles. The van der Waals surface area contributed by atoms with Gasteiger partial charge in [0.1, 0.15) is 28.8 Å². The number of aromatic carboxylic acids is 1. The van der Waals surface area contributed by atoms with Crippen LogP contribution in [0.2, 0.25) is 0 Å². The number of piperidine rings is 1. The molecule has 1 N–H and O–H groups in total. The van der Waals surface area contributed by atoms with Gasteiger partial charge in [-0.3, -0.25) is 4.79 Å². The highest BCUT2D eigenvalue weighted by atomic mass is 19.4. The van der Waals surface area contributed by atoms with Crippen LogP contribution in [-0.2, 0) is 12.7 Å². The van der Waals surface area contributed by atoms with Crippen LogP contribution in [-0.4, -0.2) is 45.2 Å². The molecule has 0 saturated carbocycles. The Morgan fingerprint density at radius 2 is 1.67 bits per heavy atom. The molecule has 2 aromatic heterocycles. The molecule has 1 fully saturated rings. The third-order valence-corrected chi connectivity index (χ3v) is 9.01. The third kappa shape index (κ3) is 6.31. The monoisotopic (exact) mass is 654 g/mol. The van der Waals surface area contributed by atoms with Crippen LogP contribution >= 0.6 is 0 Å². The van der Waals surface area contributed by atoms with E-state index in [4.69, 9.17) is 4.74 Å². The van der Waals surface area contributed by atoms with Crippen LogP contribution in [0, 0.1) is 25.2 Å². The average molecular weight is 655 g/mol. The summed E-state index contributed by atoms with van der Waals surface area (Å²) in [6.07, 6.45) is -3.23. The van der Waals surface area contributed by atoms with E-state index in [-0.39, 0.29) is 24.0 Å². The number of nitriles is 1. The molecule has 3 aromatic carbocycles. The highest BCUT2D eigenvalue weighted by Gasteiger charge is 2.36. The number of rotatable bonds is 7. The molecule has 8 nitrogen and oxygen atoms in total. The van der Waals surface area contributed by atoms with Crippen molar-refractivity contribution >= 4 is 16.9 Å². The zero-order valence-corrected chi connectivity index (χ0v) is 26.6. The van der Waals surface area contributed by atoms with Gasteiger partial charge in [-0.25, -0.2) is 4.79 Å². The lowest BCUT2D eigenvalue weighted by Gasteiger charge is -2.31. The van der Waals surface area contributed by atoms with E-state index < -0.39 is 28.8 Å². The summed E-state index contributed by atoms with van der Waals surface area (Å²) in [7, 11) is 2.05. The summed E-state index contributed by atoms with van der Waals surface area (Å²) in [6.45, 7) is 5.51. The maximum atomic E-state index is 14.0. The molecule has 48 heavy (non-hydrogen) atoms. The number of fused-ring (bicyclic) bond motifs is 1. The van der Waals surface area contributed by atoms with Crippen LogP contribution in [0.1, 0.15) is 57.2 Å². The van der Waals surface area contributed by atoms with Crippen molar-refractivity contribution in [2.75, 3.05) is 20.1 Å². The van der Waals surface area contributed by atoms with Gasteiger partial charge in [0.2, 0.25) is 0 Å². The van der Waals surface area contributed by atoms with Gasteiger partial charge in [0, 0.05) is 16.9 Å². The highest BCUT2D eigenvalue weighted by molar-refractivity contribution is 5.95. The second kappa shape index (κ2) is 12.7. The van der Waals surface area contributed by atoms with Gasteiger partial charge in [-0.05, 0) is 118 Å². The molecule has 5 aromatic rings. The summed E-state index contributed by atoms with van der Waals surface area (Å²) < 4.78 is 51.3. The summed E-state index contributed by atoms with van der Waals surface area (Å²) in [5.74, 6) is -0.160. The maximum Gasteiger partial charge on any atom is 0.417 e. The highest BCUT2D eigenvalue weighted by Crippen LogP contribution is 2.36. The van der Waals surface area contributed by atoms with Gasteiger partial charge in [-0.15, -0.1) is 0 Å². The molecule has 11 heteroatoms. The number of ether oxygens (including phenoxy) is 1. The third-order valence-electron chi connectivity index (χ3n) is 9.01. The first-order valence-electron chi connectivity index (χ1n) is 15.5. The molecule has 0 spiro atoms. The Morgan fingerprint density at radius 3 is 2.29 bits per heavy atom. The van der Waals surface area contributed by atoms with Gasteiger partial charge in [0.05, 0.1) is 17.8 Å². The zero-order chi connectivity index (χ0) is 34.3. The van der Waals surface area contributed by atoms with E-state index in [2.05, 4.69) is 4.90 Å². The average Bonchev–Trinajstić information content (AvgIpc) is 3.42. The van der Waals surface area contributed by atoms with Gasteiger partial charge in [-0.1, -0.05) is 23.8 Å². The molecule has 0 atom stereocenters. The Hall–Kier alpha value is -5.34. The van der Waals surface area contributed by atoms with Crippen molar-refractivity contribution in [2.24, 2.45) is 0 Å². The summed E-state index contributed by atoms with van der Waals surface area (Å²) in [4.78, 5) is 27.8. The second-order valence-electron chi connectivity index (χ2n) is 12.3. The minimum atomic E-state index is -4.91. The van der Waals surface area contributed by atoms with Crippen LogP contribution in [0.15, 0.2) is 77.6 Å². The fourth-order valence-electron chi connectivity index (χ4n) is 6.49. The number of nitrogens with zero attached hydrogens (tertiary/aromatic N) is 4. The number of hydrogen-bond donors (Lipinski definition) is 1. The summed E-state index contributed by atoms with van der Waals surface area (Å²) in [6, 6.07) is 21.3. The SMILES string of the molecule is Cc1ccc(Cn2c(-c3ccc(Oc4ccc5c(c4)cc(C(=O)O)n5C4CCN(C)CC4)cc3)cc(C(F)(F)F)c(C#N)c2=O)c(C)c1. The van der Waals surface area contributed by atoms with E-state index in [0.29, 0.717) is 22.4 Å². The van der Waals surface area contributed by atoms with Gasteiger partial charge in [-0.2, -0.15) is 18.4 Å². The van der Waals surface area contributed by atoms with Crippen molar-refractivity contribution in [3.8, 4) is 28.8 Å². The molecule has 0 radical (unpaired) electrons. The van der Waals surface area contributed by atoms with Gasteiger partial charge in [0.25, 0.3) is 5.56 Å². The summed E-state index contributed by atoms with van der Waals surface area (Å²) >= 11 is 0. The molecule has 246 valence electrons. The number of carboxylic acid groups (broad SMARTS) is 1. The Bertz CT molecular complexity index is 2130. The molecule has 0 amide bonds. The number of alkyl halides is 3. The van der Waals surface area contributed by atoms with E-state index >= 15 is 0 Å². The quantitative estimate of drug-likeness (QED) is 0.192. The lowest BCUT2D eigenvalue weighted by molar-refractivity contribution is -0.137. The Morgan fingerprint density at radius 1 is 0.979 bits per heavy atom. The first kappa shape index (κ1) is 32.6. The van der Waals surface area contributed by atoms with Gasteiger partial charge in [0.15, 0.2) is 0 Å². The maximum absolute atomic E-state index is 14.0. The molecular formula is C37H33F3N4O4. The van der Waals surface area contributed by atoms with E-state index in [9.17, 15) is 33.1 Å². The molecule has 6 rings (SSSR count). The molecule has 3 heterocycles. The lowest BCUT2D eigenvalue weighted by Crippen LogP contribution is -2.32. The van der Waals surface area contributed by atoms with Gasteiger partial charge >= 0.3 is 12.1 Å². The Kier molecular flexibility index (Phi) is 8.62. The normalized spacial score (nSPS) is 14.3. The number of hydrogen-bond acceptors (Lipinski definition) is 5. The molecule has 0 aliphatic carbocycles. The summed E-state index contributed by atoms with van der Waals surface area (Å²) in [5.41, 5.74) is 0.686. The van der Waals surface area contributed by atoms with Crippen molar-refractivity contribution < 1.29 is 27.8 Å². The van der Waals surface area contributed by atoms with Gasteiger partial charge < -0.3 is 23.9 Å². The van der Waals surface area contributed by atoms with Crippen molar-refractivity contribution in [3.63, 3.8) is 0 Å². The van der Waals surface area contributed by atoms with Crippen molar-refractivity contribution in [2.45, 2.75) is 45.5 Å². The smallest absolute Gasteiger partial charge is 0.417 e. The van der Waals surface area contributed by atoms with Crippen LogP contribution < -0.4 is 10.3 Å². The minimum Gasteiger partial charge on any atom is -0.477 e. The molecular weight excluding hydrogens is 621 g/mol. The fourth-order valence-corrected chi connectivity index (χ4v) is 6.49. The number of benzene rings is 3. The number of pyridine rings is 1. The predicted molar refractivity (Wildman–Crippen MR) is 176 cm³/mol. The molecule has 1 saturated heterocycles. The van der Waals surface area contributed by atoms with Crippen molar-refractivity contribution in [3.05, 3.63) is 117 Å². The van der Waals surface area contributed by atoms with Crippen LogP contribution in [0.5, 0.6) is 11.5 Å². The minimum absolute atomic E-state index is 0.00992.